The molecule has 0 atom stereocenters. The second-order valence-corrected chi connectivity index (χ2v) is 29.5. The van der Waals surface area contributed by atoms with Crippen molar-refractivity contribution < 1.29 is 0 Å². The highest BCUT2D eigenvalue weighted by atomic mass is 79.9. The molecule has 88 heavy (non-hydrogen) atoms. The fourth-order valence-corrected chi connectivity index (χ4v) is 16.7. The number of aromatic nitrogens is 4. The largest absolute Gasteiger partial charge is 0.354 e. The lowest BCUT2D eigenvalue weighted by atomic mass is 9.84. The molecular formula is C76H40Br8N4. The van der Waals surface area contributed by atoms with Crippen LogP contribution in [0.1, 0.15) is 22.3 Å². The summed E-state index contributed by atoms with van der Waals surface area (Å²) in [7, 11) is 0. The van der Waals surface area contributed by atoms with E-state index in [0.717, 1.165) is 190 Å². The normalized spacial score (nSPS) is 12.5. The topological polar surface area (TPSA) is 57.4 Å². The second-order valence-electron chi connectivity index (χ2n) is 22.7. The van der Waals surface area contributed by atoms with E-state index < -0.39 is 0 Å². The third-order valence-electron chi connectivity index (χ3n) is 17.7. The van der Waals surface area contributed by atoms with Gasteiger partial charge in [-0.2, -0.15) is 0 Å². The Morgan fingerprint density at radius 1 is 0.261 bits per heavy atom. The molecule has 4 nitrogen and oxygen atoms in total. The summed E-state index contributed by atoms with van der Waals surface area (Å²) in [6.07, 6.45) is 1.35. The van der Waals surface area contributed by atoms with E-state index in [2.05, 4.69) is 344 Å². The zero-order valence-electron chi connectivity index (χ0n) is 46.0. The predicted octanol–water partition coefficient (Wildman–Crippen LogP) is 25.9. The average Bonchev–Trinajstić information content (AvgIpc) is 1.81. The van der Waals surface area contributed by atoms with Gasteiger partial charge in [0.05, 0.1) is 44.8 Å². The van der Waals surface area contributed by atoms with E-state index in [-0.39, 0.29) is 0 Å². The van der Waals surface area contributed by atoms with Gasteiger partial charge >= 0.3 is 0 Å². The summed E-state index contributed by atoms with van der Waals surface area (Å²) < 4.78 is 7.90. The Labute approximate surface area is 573 Å². The van der Waals surface area contributed by atoms with E-state index in [1.165, 1.54) is 22.3 Å². The molecule has 0 amide bonds. The number of fused-ring (bicyclic) bond motifs is 4. The molecule has 2 aliphatic carbocycles. The molecule has 11 aromatic carbocycles. The van der Waals surface area contributed by atoms with Crippen molar-refractivity contribution in [2.75, 3.05) is 0 Å². The molecule has 13 aromatic rings. The summed E-state index contributed by atoms with van der Waals surface area (Å²) in [6.45, 7) is 0. The molecular weight excluding hydrogens is 1610 g/mol. The number of halogens is 8. The molecule has 12 heteroatoms. The Balaban J connectivity index is 1.21. The van der Waals surface area contributed by atoms with Gasteiger partial charge in [0.2, 0.25) is 0 Å². The molecule has 2 aliphatic heterocycles. The molecule has 0 unspecified atom stereocenters. The molecule has 0 radical (unpaired) electrons. The van der Waals surface area contributed by atoms with Gasteiger partial charge in [0, 0.05) is 104 Å². The fraction of sp³-hybridized carbons (Fsp3) is 0.0263. The highest BCUT2D eigenvalue weighted by Crippen LogP contribution is 2.55. The number of H-pyrrole nitrogens is 2. The lowest BCUT2D eigenvalue weighted by molar-refractivity contribution is 1.02. The second kappa shape index (κ2) is 21.6. The number of benzene rings is 11. The Bertz CT molecular complexity index is 5250. The van der Waals surface area contributed by atoms with Crippen LogP contribution >= 0.6 is 127 Å². The molecule has 2 aromatic heterocycles. The molecule has 2 N–H and O–H groups in total. The summed E-state index contributed by atoms with van der Waals surface area (Å²) in [5.74, 6) is 0. The van der Waals surface area contributed by atoms with Crippen LogP contribution in [-0.4, -0.2) is 19.9 Å². The van der Waals surface area contributed by atoms with E-state index in [0.29, 0.717) is 12.8 Å². The first-order valence-corrected chi connectivity index (χ1v) is 34.9. The standard InChI is InChI=1S/C76H40Br8N4/c77-57-29-41-21-49-51(23-43(41)31-59(57)79)71-66(38-15-7-2-8-16-38)73-53-25-45-33-61(81)63(83)35-47(45)27-55(53)75(87-73)68(40-19-11-4-12-20-40)76-56-28-48-36-64(84)62(82)34-46(48)26-54(56)74(88-76)67(39-17-9-3-10-18-39)72-52-24-44-32-60(80)58(78)30-42(44)22-50(52)70(86-72)65(69(49)85-71)37-13-5-1-6-14-37/h1-25,27,29-36,85,88H,26,28H2. The van der Waals surface area contributed by atoms with Crippen LogP contribution < -0.4 is 0 Å². The monoisotopic (exact) mass is 1640 g/mol. The van der Waals surface area contributed by atoms with Gasteiger partial charge in [0.25, 0.3) is 0 Å². The van der Waals surface area contributed by atoms with Crippen LogP contribution in [0.5, 0.6) is 0 Å². The molecule has 0 spiro atoms. The smallest absolute Gasteiger partial charge is 0.0816 e. The minimum Gasteiger partial charge on any atom is -0.354 e. The Morgan fingerprint density at radius 2 is 0.500 bits per heavy atom. The molecule has 4 aliphatic rings. The van der Waals surface area contributed by atoms with Gasteiger partial charge in [0.15, 0.2) is 0 Å². The molecule has 8 bridgehead atoms. The number of rotatable bonds is 4. The van der Waals surface area contributed by atoms with Gasteiger partial charge in [-0.1, -0.05) is 121 Å². The summed E-state index contributed by atoms with van der Waals surface area (Å²) in [6, 6.07) is 75.6. The number of hydrogen-bond acceptors (Lipinski definition) is 2. The highest BCUT2D eigenvalue weighted by molar-refractivity contribution is 9.14. The van der Waals surface area contributed by atoms with E-state index in [1.54, 1.807) is 0 Å². The quantitative estimate of drug-likeness (QED) is 0.184. The van der Waals surface area contributed by atoms with Gasteiger partial charge < -0.3 is 9.97 Å². The summed E-state index contributed by atoms with van der Waals surface area (Å²) in [4.78, 5) is 21.2. The predicted molar refractivity (Wildman–Crippen MR) is 395 cm³/mol. The van der Waals surface area contributed by atoms with E-state index in [9.17, 15) is 0 Å². The minimum absolute atomic E-state index is 0.676. The van der Waals surface area contributed by atoms with E-state index >= 15 is 0 Å². The van der Waals surface area contributed by atoms with Gasteiger partial charge in [-0.25, -0.2) is 9.97 Å². The van der Waals surface area contributed by atoms with Crippen LogP contribution in [-0.2, 0) is 12.8 Å². The highest BCUT2D eigenvalue weighted by Gasteiger charge is 2.33. The summed E-state index contributed by atoms with van der Waals surface area (Å²) >= 11 is 31.3. The Kier molecular flexibility index (Phi) is 13.6. The van der Waals surface area contributed by atoms with Crippen molar-refractivity contribution in [3.63, 3.8) is 0 Å². The number of nitrogens with zero attached hydrogens (tertiary/aromatic N) is 2. The number of nitrogens with one attached hydrogen (secondary N) is 2. The SMILES string of the molecule is Brc1cc2c(cc1Br)Cc1c(c3[nH]c1c(-c1ccccc1)c1nc(c(-c4ccccc4)c4[nH]c(c(-c5ccccc5)c5nc(c3-c3ccccc3)-c3cc6cc(Br)c(Br)cc6cc3-5)c3cc5cc(Br)c(Br)cc5cc43)-c3cc4cc(Br)c(Br)cc4cc3-1)C2. The van der Waals surface area contributed by atoms with E-state index in [1.807, 2.05) is 0 Å². The van der Waals surface area contributed by atoms with Gasteiger partial charge in [0.1, 0.15) is 0 Å². The zero-order valence-corrected chi connectivity index (χ0v) is 58.7. The van der Waals surface area contributed by atoms with Crippen molar-refractivity contribution in [3.05, 3.63) is 264 Å². The fourth-order valence-electron chi connectivity index (χ4n) is 13.7. The van der Waals surface area contributed by atoms with Gasteiger partial charge in [-0.05, 0) is 289 Å². The van der Waals surface area contributed by atoms with Crippen LogP contribution in [0, 0.1) is 0 Å². The number of hydrogen-bond donors (Lipinski definition) is 2. The van der Waals surface area contributed by atoms with Crippen LogP contribution in [0.4, 0.5) is 0 Å². The number of aromatic amines is 2. The van der Waals surface area contributed by atoms with Crippen LogP contribution in [0.15, 0.2) is 242 Å². The molecule has 17 rings (SSSR count). The molecule has 4 heterocycles. The summed E-state index contributed by atoms with van der Waals surface area (Å²) in [5, 5.41) is 8.65. The van der Waals surface area contributed by atoms with Crippen molar-refractivity contribution in [2.45, 2.75) is 12.8 Å². The summed E-state index contributed by atoms with van der Waals surface area (Å²) in [5.41, 5.74) is 24.7. The van der Waals surface area contributed by atoms with Gasteiger partial charge in [-0.3, -0.25) is 0 Å². The first-order chi connectivity index (χ1) is 42.9. The van der Waals surface area contributed by atoms with Crippen molar-refractivity contribution in [3.8, 4) is 89.5 Å². The van der Waals surface area contributed by atoms with Crippen molar-refractivity contribution in [1.82, 2.24) is 19.9 Å². The lowest BCUT2D eigenvalue weighted by Crippen LogP contribution is -2.06. The van der Waals surface area contributed by atoms with Crippen molar-refractivity contribution in [2.24, 2.45) is 0 Å². The first-order valence-electron chi connectivity index (χ1n) is 28.5. The maximum absolute atomic E-state index is 6.24. The third kappa shape index (κ3) is 8.96. The molecule has 420 valence electrons. The van der Waals surface area contributed by atoms with Crippen molar-refractivity contribution in [1.29, 1.82) is 0 Å². The maximum atomic E-state index is 6.24. The van der Waals surface area contributed by atoms with Crippen LogP contribution in [0.2, 0.25) is 0 Å². The third-order valence-corrected chi connectivity index (χ3v) is 25.1. The Morgan fingerprint density at radius 3 is 0.784 bits per heavy atom. The van der Waals surface area contributed by atoms with Crippen LogP contribution in [0.3, 0.4) is 0 Å². The molecule has 0 fully saturated rings. The molecule has 0 saturated carbocycles. The average molecular weight is 1650 g/mol. The van der Waals surface area contributed by atoms with Crippen LogP contribution in [0.25, 0.3) is 155 Å². The molecule has 0 saturated heterocycles. The Hall–Kier alpha value is -6.58. The van der Waals surface area contributed by atoms with Gasteiger partial charge in [-0.15, -0.1) is 0 Å². The first kappa shape index (κ1) is 55.5. The minimum atomic E-state index is 0.676. The van der Waals surface area contributed by atoms with Crippen molar-refractivity contribution >= 4 is 193 Å². The maximum Gasteiger partial charge on any atom is 0.0816 e. The lowest BCUT2D eigenvalue weighted by Gasteiger charge is -2.20. The van der Waals surface area contributed by atoms with E-state index in [4.69, 9.17) is 9.97 Å². The zero-order chi connectivity index (χ0) is 59.4.